The second kappa shape index (κ2) is 6.29. The summed E-state index contributed by atoms with van der Waals surface area (Å²) in [5.41, 5.74) is -0.498. The van der Waals surface area contributed by atoms with Gasteiger partial charge in [0.25, 0.3) is 0 Å². The monoisotopic (exact) mass is 298 g/mol. The molecule has 0 atom stereocenters. The molecule has 0 saturated heterocycles. The summed E-state index contributed by atoms with van der Waals surface area (Å²) < 4.78 is 37.1. The van der Waals surface area contributed by atoms with E-state index < -0.39 is 28.9 Å². The minimum atomic E-state index is -1.43. The summed E-state index contributed by atoms with van der Waals surface area (Å²) in [6.07, 6.45) is 1.42. The van der Waals surface area contributed by atoms with Crippen LogP contribution in [0.4, 0.5) is 8.78 Å². The van der Waals surface area contributed by atoms with E-state index in [4.69, 9.17) is 14.4 Å². The number of carboxylic acid groups (broad SMARTS) is 1. The number of hydrogen-bond donors (Lipinski definition) is 1. The van der Waals surface area contributed by atoms with Gasteiger partial charge in [-0.25, -0.2) is 13.6 Å². The van der Waals surface area contributed by atoms with Gasteiger partial charge in [0.2, 0.25) is 11.7 Å². The molecule has 0 aliphatic heterocycles. The number of hydrogen-bond acceptors (Lipinski definition) is 5. The molecule has 6 nitrogen and oxygen atoms in total. The van der Waals surface area contributed by atoms with Gasteiger partial charge in [0, 0.05) is 6.42 Å². The Morgan fingerprint density at radius 2 is 2.05 bits per heavy atom. The number of rotatable bonds is 6. The maximum Gasteiger partial charge on any atom is 0.335 e. The van der Waals surface area contributed by atoms with Gasteiger partial charge in [-0.2, -0.15) is 4.98 Å². The molecular weight excluding hydrogens is 286 g/mol. The predicted molar refractivity (Wildman–Crippen MR) is 65.9 cm³/mol. The maximum absolute atomic E-state index is 13.6. The number of carbonyl (C=O) groups is 1. The molecule has 8 heteroatoms. The zero-order chi connectivity index (χ0) is 15.4. The van der Waals surface area contributed by atoms with E-state index in [0.717, 1.165) is 6.42 Å². The molecule has 0 aliphatic rings. The van der Waals surface area contributed by atoms with Crippen LogP contribution in [0, 0.1) is 11.6 Å². The van der Waals surface area contributed by atoms with Gasteiger partial charge < -0.3 is 14.4 Å². The second-order valence-corrected chi connectivity index (χ2v) is 4.22. The van der Waals surface area contributed by atoms with Crippen molar-refractivity contribution in [3.05, 3.63) is 41.0 Å². The lowest BCUT2D eigenvalue weighted by molar-refractivity contribution is 0.0695. The van der Waals surface area contributed by atoms with Gasteiger partial charge in [-0.05, 0) is 18.6 Å². The number of carboxylic acids is 1. The Morgan fingerprint density at radius 1 is 1.38 bits per heavy atom. The van der Waals surface area contributed by atoms with Crippen LogP contribution in [0.25, 0.3) is 0 Å². The lowest BCUT2D eigenvalue weighted by atomic mass is 10.2. The van der Waals surface area contributed by atoms with Crippen molar-refractivity contribution in [2.75, 3.05) is 0 Å². The molecule has 0 unspecified atom stereocenters. The van der Waals surface area contributed by atoms with Gasteiger partial charge >= 0.3 is 5.97 Å². The van der Waals surface area contributed by atoms with Crippen molar-refractivity contribution in [2.45, 2.75) is 26.4 Å². The molecule has 0 saturated carbocycles. The van der Waals surface area contributed by atoms with Gasteiger partial charge in [-0.1, -0.05) is 12.1 Å². The van der Waals surface area contributed by atoms with Crippen LogP contribution in [0.3, 0.4) is 0 Å². The summed E-state index contributed by atoms with van der Waals surface area (Å²) in [5, 5.41) is 12.3. The highest BCUT2D eigenvalue weighted by Crippen LogP contribution is 2.24. The normalized spacial score (nSPS) is 10.6. The molecule has 2 aromatic rings. The van der Waals surface area contributed by atoms with Crippen molar-refractivity contribution in [3.8, 4) is 5.75 Å². The van der Waals surface area contributed by atoms with Crippen LogP contribution in [0.2, 0.25) is 0 Å². The molecule has 21 heavy (non-hydrogen) atoms. The summed E-state index contributed by atoms with van der Waals surface area (Å²) >= 11 is 0. The molecule has 0 fully saturated rings. The second-order valence-electron chi connectivity index (χ2n) is 4.22. The van der Waals surface area contributed by atoms with Crippen LogP contribution in [-0.2, 0) is 13.0 Å². The molecule has 1 aromatic carbocycles. The van der Waals surface area contributed by atoms with E-state index in [1.165, 1.54) is 0 Å². The Balaban J connectivity index is 2.10. The van der Waals surface area contributed by atoms with Gasteiger partial charge in [-0.15, -0.1) is 0 Å². The van der Waals surface area contributed by atoms with E-state index in [-0.39, 0.29) is 12.4 Å². The van der Waals surface area contributed by atoms with Gasteiger partial charge in [0.05, 0.1) is 5.56 Å². The first-order valence-electron chi connectivity index (χ1n) is 6.17. The Morgan fingerprint density at radius 3 is 2.62 bits per heavy atom. The average molecular weight is 298 g/mol. The summed E-state index contributed by atoms with van der Waals surface area (Å²) in [5.74, 6) is -3.75. The highest BCUT2D eigenvalue weighted by atomic mass is 19.1. The molecule has 2 rings (SSSR count). The summed E-state index contributed by atoms with van der Waals surface area (Å²) in [6, 6.07) is 1.36. The van der Waals surface area contributed by atoms with Gasteiger partial charge in [0.1, 0.15) is 0 Å². The van der Waals surface area contributed by atoms with Crippen LogP contribution in [0.1, 0.15) is 35.4 Å². The third kappa shape index (κ3) is 3.53. The van der Waals surface area contributed by atoms with Crippen molar-refractivity contribution in [1.29, 1.82) is 0 Å². The molecule has 1 N–H and O–H groups in total. The van der Waals surface area contributed by atoms with Crippen molar-refractivity contribution >= 4 is 5.97 Å². The van der Waals surface area contributed by atoms with Crippen LogP contribution in [0.15, 0.2) is 16.7 Å². The molecule has 0 bridgehead atoms. The first kappa shape index (κ1) is 14.9. The minimum absolute atomic E-state index is 0.152. The quantitative estimate of drug-likeness (QED) is 0.882. The number of aromatic nitrogens is 2. The number of aryl methyl sites for hydroxylation is 1. The minimum Gasteiger partial charge on any atom is -0.479 e. The van der Waals surface area contributed by atoms with Crippen LogP contribution < -0.4 is 4.74 Å². The smallest absolute Gasteiger partial charge is 0.335 e. The molecule has 1 heterocycles. The highest BCUT2D eigenvalue weighted by molar-refractivity contribution is 5.87. The summed E-state index contributed by atoms with van der Waals surface area (Å²) in [6.45, 7) is 1.66. The van der Waals surface area contributed by atoms with E-state index >= 15 is 0 Å². The lowest BCUT2D eigenvalue weighted by Crippen LogP contribution is -2.04. The van der Waals surface area contributed by atoms with Crippen molar-refractivity contribution < 1.29 is 27.9 Å². The summed E-state index contributed by atoms with van der Waals surface area (Å²) in [7, 11) is 0. The number of nitrogens with zero attached hydrogens (tertiary/aromatic N) is 2. The first-order valence-corrected chi connectivity index (χ1v) is 6.17. The van der Waals surface area contributed by atoms with E-state index in [2.05, 4.69) is 10.1 Å². The SMILES string of the molecule is CCCc1nc(COc2c(F)cc(C(=O)O)cc2F)no1. The zero-order valence-corrected chi connectivity index (χ0v) is 11.1. The number of ether oxygens (including phenoxy) is 1. The fourth-order valence-corrected chi connectivity index (χ4v) is 1.62. The predicted octanol–water partition coefficient (Wildman–Crippen LogP) is 2.58. The fraction of sp³-hybridized carbons (Fsp3) is 0.308. The fourth-order valence-electron chi connectivity index (χ4n) is 1.62. The Bertz CT molecular complexity index is 634. The van der Waals surface area contributed by atoms with E-state index in [0.29, 0.717) is 24.4 Å². The average Bonchev–Trinajstić information content (AvgIpc) is 2.85. The summed E-state index contributed by atoms with van der Waals surface area (Å²) in [4.78, 5) is 14.6. The zero-order valence-electron chi connectivity index (χ0n) is 11.1. The Labute approximate surface area is 118 Å². The van der Waals surface area contributed by atoms with Crippen LogP contribution in [0.5, 0.6) is 5.75 Å². The van der Waals surface area contributed by atoms with Crippen LogP contribution >= 0.6 is 0 Å². The number of benzene rings is 1. The molecule has 1 aromatic heterocycles. The third-order valence-corrected chi connectivity index (χ3v) is 2.56. The van der Waals surface area contributed by atoms with E-state index in [9.17, 15) is 13.6 Å². The molecule has 112 valence electrons. The van der Waals surface area contributed by atoms with Gasteiger partial charge in [-0.3, -0.25) is 0 Å². The largest absolute Gasteiger partial charge is 0.479 e. The van der Waals surface area contributed by atoms with Crippen molar-refractivity contribution in [2.24, 2.45) is 0 Å². The van der Waals surface area contributed by atoms with E-state index in [1.54, 1.807) is 0 Å². The topological polar surface area (TPSA) is 85.5 Å². The van der Waals surface area contributed by atoms with Crippen LogP contribution in [-0.4, -0.2) is 21.2 Å². The lowest BCUT2D eigenvalue weighted by Gasteiger charge is -2.07. The third-order valence-electron chi connectivity index (χ3n) is 2.56. The number of aromatic carboxylic acids is 1. The highest BCUT2D eigenvalue weighted by Gasteiger charge is 2.17. The first-order chi connectivity index (χ1) is 10.0. The molecule has 0 spiro atoms. The van der Waals surface area contributed by atoms with Crippen molar-refractivity contribution in [3.63, 3.8) is 0 Å². The Hall–Kier alpha value is -2.51. The molecular formula is C13H12F2N2O4. The Kier molecular flexibility index (Phi) is 4.46. The number of halogens is 2. The van der Waals surface area contributed by atoms with E-state index in [1.807, 2.05) is 6.92 Å². The van der Waals surface area contributed by atoms with Gasteiger partial charge in [0.15, 0.2) is 24.0 Å². The standard InChI is InChI=1S/C13H12F2N2O4/c1-2-3-11-16-10(17-21-11)6-20-12-8(14)4-7(13(18)19)5-9(12)15/h4-5H,2-3,6H2,1H3,(H,18,19). The molecule has 0 aliphatic carbocycles. The molecule has 0 amide bonds. The van der Waals surface area contributed by atoms with Crippen molar-refractivity contribution in [1.82, 2.24) is 10.1 Å². The molecule has 0 radical (unpaired) electrons. The maximum atomic E-state index is 13.6.